The molecule has 0 fully saturated rings. The molecular weight excluding hydrogens is 238 g/mol. The van der Waals surface area contributed by atoms with E-state index in [1.54, 1.807) is 24.3 Å². The molecule has 5 nitrogen and oxygen atoms in total. The van der Waals surface area contributed by atoms with Crippen molar-refractivity contribution in [1.29, 1.82) is 0 Å². The van der Waals surface area contributed by atoms with Crippen molar-refractivity contribution in [2.75, 3.05) is 22.8 Å². The van der Waals surface area contributed by atoms with E-state index >= 15 is 0 Å². The van der Waals surface area contributed by atoms with Crippen LogP contribution >= 0.6 is 12.4 Å². The normalized spacial score (nSPS) is 10.5. The number of rotatable bonds is 4. The molecule has 1 aromatic rings. The number of nitrogen functional groups attached to an aromatic ring is 1. The Morgan fingerprint density at radius 2 is 1.87 bits per heavy atom. The van der Waals surface area contributed by atoms with Crippen molar-refractivity contribution in [3.05, 3.63) is 24.3 Å². The van der Waals surface area contributed by atoms with E-state index in [0.717, 1.165) is 0 Å². The third-order valence-corrected chi connectivity index (χ3v) is 2.92. The van der Waals surface area contributed by atoms with Crippen LogP contribution < -0.4 is 16.2 Å². The van der Waals surface area contributed by atoms with Crippen LogP contribution in [0.25, 0.3) is 0 Å². The van der Waals surface area contributed by atoms with Crippen LogP contribution in [0.1, 0.15) is 0 Å². The summed E-state index contributed by atoms with van der Waals surface area (Å²) < 4.78 is 25.0. The highest BCUT2D eigenvalue weighted by molar-refractivity contribution is 7.92. The van der Waals surface area contributed by atoms with Crippen LogP contribution in [-0.4, -0.2) is 20.7 Å². The van der Waals surface area contributed by atoms with Gasteiger partial charge < -0.3 is 11.5 Å². The molecule has 0 unspecified atom stereocenters. The minimum Gasteiger partial charge on any atom is -0.397 e. The summed E-state index contributed by atoms with van der Waals surface area (Å²) in [6.07, 6.45) is 0. The molecule has 5 N–H and O–H groups in total. The molecular formula is C8H14ClN3O2S. The molecule has 0 saturated carbocycles. The largest absolute Gasteiger partial charge is 0.397 e. The molecule has 0 spiro atoms. The Labute approximate surface area is 95.3 Å². The Morgan fingerprint density at radius 1 is 1.27 bits per heavy atom. The van der Waals surface area contributed by atoms with Gasteiger partial charge in [-0.3, -0.25) is 4.72 Å². The summed E-state index contributed by atoms with van der Waals surface area (Å²) in [6, 6.07) is 6.66. The maximum Gasteiger partial charge on any atom is 0.234 e. The van der Waals surface area contributed by atoms with E-state index < -0.39 is 10.0 Å². The fraction of sp³-hybridized carbons (Fsp3) is 0.250. The van der Waals surface area contributed by atoms with E-state index in [4.69, 9.17) is 11.5 Å². The molecule has 0 radical (unpaired) electrons. The smallest absolute Gasteiger partial charge is 0.234 e. The first-order chi connectivity index (χ1) is 6.55. The summed E-state index contributed by atoms with van der Waals surface area (Å²) in [6.45, 7) is 0.0854. The van der Waals surface area contributed by atoms with Crippen molar-refractivity contribution in [2.24, 2.45) is 5.73 Å². The second-order valence-electron chi connectivity index (χ2n) is 2.80. The number of anilines is 2. The molecule has 7 heteroatoms. The van der Waals surface area contributed by atoms with Gasteiger partial charge >= 0.3 is 0 Å². The third-order valence-electron chi connectivity index (χ3n) is 1.61. The van der Waals surface area contributed by atoms with E-state index in [9.17, 15) is 8.42 Å². The topological polar surface area (TPSA) is 98.2 Å². The lowest BCUT2D eigenvalue weighted by atomic mass is 10.3. The molecule has 0 atom stereocenters. The molecule has 0 aliphatic carbocycles. The number of nitrogens with two attached hydrogens (primary N) is 2. The van der Waals surface area contributed by atoms with E-state index in [2.05, 4.69) is 4.72 Å². The van der Waals surface area contributed by atoms with Gasteiger partial charge in [0.15, 0.2) is 0 Å². The lowest BCUT2D eigenvalue weighted by Crippen LogP contribution is -2.22. The maximum absolute atomic E-state index is 11.3. The van der Waals surface area contributed by atoms with Crippen LogP contribution in [-0.2, 0) is 10.0 Å². The molecule has 0 aliphatic heterocycles. The Kier molecular flexibility index (Phi) is 5.41. The van der Waals surface area contributed by atoms with Crippen molar-refractivity contribution in [2.45, 2.75) is 0 Å². The van der Waals surface area contributed by atoms with Crippen LogP contribution in [0.4, 0.5) is 11.4 Å². The lowest BCUT2D eigenvalue weighted by Gasteiger charge is -2.08. The summed E-state index contributed by atoms with van der Waals surface area (Å²) in [5.74, 6) is -0.110. The average Bonchev–Trinajstić information content (AvgIpc) is 2.08. The number of benzene rings is 1. The van der Waals surface area contributed by atoms with Gasteiger partial charge in [-0.05, 0) is 12.1 Å². The highest BCUT2D eigenvalue weighted by atomic mass is 35.5. The van der Waals surface area contributed by atoms with Crippen LogP contribution in [0.5, 0.6) is 0 Å². The molecule has 1 aromatic carbocycles. The van der Waals surface area contributed by atoms with Gasteiger partial charge in [0.05, 0.1) is 17.1 Å². The standard InChI is InChI=1S/C8H13N3O2S.ClH/c9-5-6-14(12,13)11-8-4-2-1-3-7(8)10;/h1-4,11H,5-6,9-10H2;1H. The summed E-state index contributed by atoms with van der Waals surface area (Å²) >= 11 is 0. The van der Waals surface area contributed by atoms with E-state index in [1.807, 2.05) is 0 Å². The summed E-state index contributed by atoms with van der Waals surface area (Å²) in [4.78, 5) is 0. The molecule has 0 heterocycles. The first kappa shape index (κ1) is 14.0. The minimum absolute atomic E-state index is 0. The number of nitrogens with one attached hydrogen (secondary N) is 1. The van der Waals surface area contributed by atoms with Crippen molar-refractivity contribution in [3.63, 3.8) is 0 Å². The van der Waals surface area contributed by atoms with Crippen molar-refractivity contribution < 1.29 is 8.42 Å². The third kappa shape index (κ3) is 4.37. The molecule has 0 aliphatic rings. The summed E-state index contributed by atoms with van der Waals surface area (Å²) in [5.41, 5.74) is 11.5. The Bertz CT molecular complexity index is 408. The molecule has 0 aromatic heterocycles. The number of sulfonamides is 1. The second-order valence-corrected chi connectivity index (χ2v) is 4.64. The van der Waals surface area contributed by atoms with Crippen molar-refractivity contribution in [3.8, 4) is 0 Å². The van der Waals surface area contributed by atoms with Gasteiger partial charge in [-0.25, -0.2) is 8.42 Å². The molecule has 1 rings (SSSR count). The first-order valence-corrected chi connectivity index (χ1v) is 5.75. The number of para-hydroxylation sites is 2. The quantitative estimate of drug-likeness (QED) is 0.675. The van der Waals surface area contributed by atoms with Gasteiger partial charge in [-0.1, -0.05) is 12.1 Å². The SMILES string of the molecule is Cl.NCCS(=O)(=O)Nc1ccccc1N. The monoisotopic (exact) mass is 251 g/mol. The highest BCUT2D eigenvalue weighted by Crippen LogP contribution is 2.17. The Hall–Kier alpha value is -0.980. The minimum atomic E-state index is -3.36. The van der Waals surface area contributed by atoms with Gasteiger partial charge in [-0.2, -0.15) is 0 Å². The van der Waals surface area contributed by atoms with Gasteiger partial charge in [0.1, 0.15) is 0 Å². The van der Waals surface area contributed by atoms with Crippen LogP contribution in [0, 0.1) is 0 Å². The van der Waals surface area contributed by atoms with Gasteiger partial charge in [-0.15, -0.1) is 12.4 Å². The fourth-order valence-corrected chi connectivity index (χ4v) is 1.90. The van der Waals surface area contributed by atoms with Crippen LogP contribution in [0.2, 0.25) is 0 Å². The zero-order valence-electron chi connectivity index (χ0n) is 8.01. The Morgan fingerprint density at radius 3 is 2.40 bits per heavy atom. The van der Waals surface area contributed by atoms with E-state index in [0.29, 0.717) is 11.4 Å². The van der Waals surface area contributed by atoms with Gasteiger partial charge in [0.25, 0.3) is 0 Å². The zero-order chi connectivity index (χ0) is 10.6. The Balaban J connectivity index is 0.00000196. The molecule has 0 amide bonds. The molecule has 86 valence electrons. The lowest BCUT2D eigenvalue weighted by molar-refractivity contribution is 0.601. The molecule has 0 saturated heterocycles. The van der Waals surface area contributed by atoms with E-state index in [-0.39, 0.29) is 24.7 Å². The number of halogens is 1. The van der Waals surface area contributed by atoms with Crippen LogP contribution in [0.15, 0.2) is 24.3 Å². The maximum atomic E-state index is 11.3. The van der Waals surface area contributed by atoms with Crippen molar-refractivity contribution >= 4 is 33.8 Å². The predicted molar refractivity (Wildman–Crippen MR) is 64.6 cm³/mol. The molecule has 0 bridgehead atoms. The highest BCUT2D eigenvalue weighted by Gasteiger charge is 2.09. The second kappa shape index (κ2) is 5.79. The van der Waals surface area contributed by atoms with Crippen LogP contribution in [0.3, 0.4) is 0 Å². The number of hydrogen-bond donors (Lipinski definition) is 3. The zero-order valence-corrected chi connectivity index (χ0v) is 9.64. The van der Waals surface area contributed by atoms with Gasteiger partial charge in [0, 0.05) is 6.54 Å². The number of hydrogen-bond acceptors (Lipinski definition) is 4. The fourth-order valence-electron chi connectivity index (χ4n) is 0.964. The molecule has 15 heavy (non-hydrogen) atoms. The first-order valence-electron chi connectivity index (χ1n) is 4.10. The van der Waals surface area contributed by atoms with Gasteiger partial charge in [0.2, 0.25) is 10.0 Å². The summed E-state index contributed by atoms with van der Waals surface area (Å²) in [5, 5.41) is 0. The summed E-state index contributed by atoms with van der Waals surface area (Å²) in [7, 11) is -3.36. The van der Waals surface area contributed by atoms with Crippen molar-refractivity contribution in [1.82, 2.24) is 0 Å². The van der Waals surface area contributed by atoms with E-state index in [1.165, 1.54) is 0 Å². The average molecular weight is 252 g/mol. The predicted octanol–water partition coefficient (Wildman–Crippen LogP) is 0.391.